The lowest BCUT2D eigenvalue weighted by Gasteiger charge is -2.27. The second-order valence-electron chi connectivity index (χ2n) is 7.83. The molecule has 0 aliphatic heterocycles. The lowest BCUT2D eigenvalue weighted by molar-refractivity contribution is -0.128. The molecule has 0 spiro atoms. The summed E-state index contributed by atoms with van der Waals surface area (Å²) >= 11 is 1.55. The van der Waals surface area contributed by atoms with Gasteiger partial charge in [-0.1, -0.05) is 30.3 Å². The first-order valence-corrected chi connectivity index (χ1v) is 11.2. The number of rotatable bonds is 8. The van der Waals surface area contributed by atoms with Gasteiger partial charge in [0.25, 0.3) is 0 Å². The first kappa shape index (κ1) is 20.8. The van der Waals surface area contributed by atoms with Crippen molar-refractivity contribution < 1.29 is 9.53 Å². The van der Waals surface area contributed by atoms with Gasteiger partial charge in [0, 0.05) is 25.6 Å². The average molecular weight is 423 g/mol. The van der Waals surface area contributed by atoms with Crippen LogP contribution in [0.25, 0.3) is 0 Å². The first-order valence-electron chi connectivity index (χ1n) is 10.4. The summed E-state index contributed by atoms with van der Waals surface area (Å²) < 4.78 is 5.44. The largest absolute Gasteiger partial charge is 0.369 e. The molecule has 1 aliphatic carbocycles. The summed E-state index contributed by atoms with van der Waals surface area (Å²) in [4.78, 5) is 12.7. The van der Waals surface area contributed by atoms with Crippen LogP contribution in [0.4, 0.5) is 0 Å². The van der Waals surface area contributed by atoms with E-state index < -0.39 is 6.10 Å². The van der Waals surface area contributed by atoms with Gasteiger partial charge >= 0.3 is 0 Å². The van der Waals surface area contributed by atoms with E-state index in [2.05, 4.69) is 26.5 Å². The summed E-state index contributed by atoms with van der Waals surface area (Å²) in [6.07, 6.45) is 6.96. The van der Waals surface area contributed by atoms with Crippen LogP contribution in [0.1, 0.15) is 59.0 Å². The summed E-state index contributed by atoms with van der Waals surface area (Å²) in [5, 5.41) is 18.7. The van der Waals surface area contributed by atoms with Crippen molar-refractivity contribution in [3.63, 3.8) is 0 Å². The van der Waals surface area contributed by atoms with E-state index in [1.165, 1.54) is 0 Å². The maximum absolute atomic E-state index is 12.7. The fourth-order valence-corrected chi connectivity index (χ4v) is 5.17. The second kappa shape index (κ2) is 10.00. The standard InChI is InChI=1S/C23H26N4O2S/c1-29-23(18-6-3-2-4-7-18)20(28)15-22-27-26-21(30-22)14-16-9-11-17(12-10-16)19-8-5-13-24-25-19/h2-8,13,16-17,23H,9-12,14-15H2,1H3/t16?,17?,23-/m0/s1. The SMILES string of the molecule is CO[C@H](C(=O)Cc1nnc(CC2CCC(c3cccnn3)CC2)s1)c1ccccc1. The molecule has 1 fully saturated rings. The third-order valence-corrected chi connectivity index (χ3v) is 6.73. The molecule has 2 aromatic heterocycles. The van der Waals surface area contributed by atoms with Crippen molar-refractivity contribution in [2.75, 3.05) is 7.11 Å². The van der Waals surface area contributed by atoms with Crippen molar-refractivity contribution in [2.24, 2.45) is 5.92 Å². The maximum Gasteiger partial charge on any atom is 0.172 e. The van der Waals surface area contributed by atoms with Crippen LogP contribution in [-0.4, -0.2) is 33.3 Å². The molecule has 7 heteroatoms. The molecular weight excluding hydrogens is 396 g/mol. The monoisotopic (exact) mass is 422 g/mol. The van der Waals surface area contributed by atoms with E-state index in [1.54, 1.807) is 24.6 Å². The normalized spacial score (nSPS) is 20.0. The molecule has 0 radical (unpaired) electrons. The molecule has 0 amide bonds. The zero-order valence-corrected chi connectivity index (χ0v) is 17.9. The van der Waals surface area contributed by atoms with Crippen LogP contribution in [0.5, 0.6) is 0 Å². The molecule has 4 rings (SSSR count). The Bertz CT molecular complexity index is 940. The number of carbonyl (C=O) groups is 1. The van der Waals surface area contributed by atoms with E-state index >= 15 is 0 Å². The van der Waals surface area contributed by atoms with Gasteiger partial charge in [-0.15, -0.1) is 21.5 Å². The Labute approximate surface area is 180 Å². The van der Waals surface area contributed by atoms with Crippen LogP contribution in [0.15, 0.2) is 48.7 Å². The van der Waals surface area contributed by atoms with Crippen molar-refractivity contribution in [1.29, 1.82) is 0 Å². The summed E-state index contributed by atoms with van der Waals surface area (Å²) in [6.45, 7) is 0. The quantitative estimate of drug-likeness (QED) is 0.537. The minimum absolute atomic E-state index is 0.0101. The van der Waals surface area contributed by atoms with E-state index in [1.807, 2.05) is 36.4 Å². The zero-order chi connectivity index (χ0) is 20.8. The molecule has 0 bridgehead atoms. The molecule has 3 aromatic rings. The smallest absolute Gasteiger partial charge is 0.172 e. The Balaban J connectivity index is 1.30. The molecule has 1 atom stereocenters. The van der Waals surface area contributed by atoms with Crippen molar-refractivity contribution >= 4 is 17.1 Å². The average Bonchev–Trinajstić information content (AvgIpc) is 3.23. The minimum Gasteiger partial charge on any atom is -0.369 e. The molecule has 1 aliphatic rings. The van der Waals surface area contributed by atoms with Gasteiger partial charge in [0.15, 0.2) is 5.78 Å². The molecule has 0 unspecified atom stereocenters. The van der Waals surface area contributed by atoms with Crippen LogP contribution in [0.3, 0.4) is 0 Å². The van der Waals surface area contributed by atoms with E-state index in [0.717, 1.165) is 53.4 Å². The van der Waals surface area contributed by atoms with Gasteiger partial charge in [0.1, 0.15) is 16.1 Å². The van der Waals surface area contributed by atoms with Gasteiger partial charge < -0.3 is 4.74 Å². The predicted molar refractivity (Wildman–Crippen MR) is 115 cm³/mol. The lowest BCUT2D eigenvalue weighted by atomic mass is 9.79. The highest BCUT2D eigenvalue weighted by Crippen LogP contribution is 2.36. The Morgan fingerprint density at radius 1 is 1.03 bits per heavy atom. The third-order valence-electron chi connectivity index (χ3n) is 5.79. The van der Waals surface area contributed by atoms with E-state index in [0.29, 0.717) is 11.8 Å². The number of aromatic nitrogens is 4. The Hall–Kier alpha value is -2.51. The van der Waals surface area contributed by atoms with Crippen molar-refractivity contribution in [2.45, 2.75) is 50.5 Å². The van der Waals surface area contributed by atoms with Crippen LogP contribution >= 0.6 is 11.3 Å². The summed E-state index contributed by atoms with van der Waals surface area (Å²) in [7, 11) is 1.57. The Morgan fingerprint density at radius 3 is 2.50 bits per heavy atom. The number of ketones is 1. The molecule has 1 saturated carbocycles. The number of Topliss-reactive ketones (excluding diaryl/α,β-unsaturated/α-hetero) is 1. The second-order valence-corrected chi connectivity index (χ2v) is 8.98. The molecule has 0 saturated heterocycles. The first-order chi connectivity index (χ1) is 14.7. The van der Waals surface area contributed by atoms with Crippen molar-refractivity contribution in [3.05, 3.63) is 69.9 Å². The summed E-state index contributed by atoms with van der Waals surface area (Å²) in [6, 6.07) is 13.6. The van der Waals surface area contributed by atoms with Gasteiger partial charge in [0.2, 0.25) is 0 Å². The molecule has 1 aromatic carbocycles. The Kier molecular flexibility index (Phi) is 6.92. The van der Waals surface area contributed by atoms with Crippen LogP contribution in [0.2, 0.25) is 0 Å². The molecule has 0 N–H and O–H groups in total. The maximum atomic E-state index is 12.7. The topological polar surface area (TPSA) is 77.9 Å². The number of hydrogen-bond acceptors (Lipinski definition) is 7. The van der Waals surface area contributed by atoms with Crippen LogP contribution < -0.4 is 0 Å². The highest BCUT2D eigenvalue weighted by Gasteiger charge is 2.25. The van der Waals surface area contributed by atoms with Crippen LogP contribution in [0, 0.1) is 5.92 Å². The summed E-state index contributed by atoms with van der Waals surface area (Å²) in [5.74, 6) is 1.14. The van der Waals surface area contributed by atoms with Gasteiger partial charge in [-0.25, -0.2) is 0 Å². The number of benzene rings is 1. The third kappa shape index (κ3) is 5.15. The van der Waals surface area contributed by atoms with Gasteiger partial charge in [0.05, 0.1) is 12.1 Å². The highest BCUT2D eigenvalue weighted by atomic mass is 32.1. The molecule has 6 nitrogen and oxygen atoms in total. The number of carbonyl (C=O) groups excluding carboxylic acids is 1. The predicted octanol–water partition coefficient (Wildman–Crippen LogP) is 4.34. The summed E-state index contributed by atoms with van der Waals surface area (Å²) in [5.41, 5.74) is 1.98. The lowest BCUT2D eigenvalue weighted by Crippen LogP contribution is -2.16. The van der Waals surface area contributed by atoms with E-state index in [-0.39, 0.29) is 12.2 Å². The van der Waals surface area contributed by atoms with E-state index in [4.69, 9.17) is 4.74 Å². The zero-order valence-electron chi connectivity index (χ0n) is 17.1. The molecule has 156 valence electrons. The Morgan fingerprint density at radius 2 is 1.80 bits per heavy atom. The number of ether oxygens (including phenoxy) is 1. The number of methoxy groups -OCH3 is 1. The molecular formula is C23H26N4O2S. The van der Waals surface area contributed by atoms with Crippen molar-refractivity contribution in [1.82, 2.24) is 20.4 Å². The fourth-order valence-electron chi connectivity index (χ4n) is 4.21. The van der Waals surface area contributed by atoms with Crippen molar-refractivity contribution in [3.8, 4) is 0 Å². The molecule has 30 heavy (non-hydrogen) atoms. The highest BCUT2D eigenvalue weighted by molar-refractivity contribution is 7.11. The number of nitrogens with zero attached hydrogens (tertiary/aromatic N) is 4. The van der Waals surface area contributed by atoms with Crippen LogP contribution in [-0.2, 0) is 22.4 Å². The van der Waals surface area contributed by atoms with E-state index in [9.17, 15) is 4.79 Å². The van der Waals surface area contributed by atoms with Gasteiger partial charge in [-0.05, 0) is 49.3 Å². The fraction of sp³-hybridized carbons (Fsp3) is 0.435. The van der Waals surface area contributed by atoms with Gasteiger partial charge in [-0.3, -0.25) is 4.79 Å². The van der Waals surface area contributed by atoms with Gasteiger partial charge in [-0.2, -0.15) is 10.2 Å². The number of hydrogen-bond donors (Lipinski definition) is 0. The molecule has 2 heterocycles. The minimum atomic E-state index is -0.560.